The van der Waals surface area contributed by atoms with E-state index in [9.17, 15) is 14.7 Å². The first-order valence-electron chi connectivity index (χ1n) is 6.56. The molecule has 2 aromatic rings. The summed E-state index contributed by atoms with van der Waals surface area (Å²) in [6, 6.07) is 6.64. The number of aliphatic carboxylic acids is 1. The van der Waals surface area contributed by atoms with Crippen LogP contribution in [0, 0.1) is 6.92 Å². The number of carboxylic acid groups (broad SMARTS) is 1. The van der Waals surface area contributed by atoms with E-state index < -0.39 is 17.9 Å². The molecule has 0 unspecified atom stereocenters. The fourth-order valence-corrected chi connectivity index (χ4v) is 2.52. The van der Waals surface area contributed by atoms with Crippen molar-refractivity contribution in [3.8, 4) is 0 Å². The normalized spacial score (nSPS) is 17.4. The highest BCUT2D eigenvalue weighted by molar-refractivity contribution is 5.93. The third-order valence-electron chi connectivity index (χ3n) is 3.58. The number of hydrogen-bond donors (Lipinski definition) is 2. The molecule has 1 amide bonds. The second-order valence-electron chi connectivity index (χ2n) is 5.00. The van der Waals surface area contributed by atoms with Gasteiger partial charge in [0.2, 0.25) is 5.82 Å². The van der Waals surface area contributed by atoms with Gasteiger partial charge in [0.1, 0.15) is 11.9 Å². The molecular weight excluding hydrogens is 272 g/mol. The van der Waals surface area contributed by atoms with Crippen LogP contribution in [0.5, 0.6) is 0 Å². The molecule has 1 atom stereocenters. The first-order valence-corrected chi connectivity index (χ1v) is 6.56. The third-order valence-corrected chi connectivity index (χ3v) is 3.58. The molecule has 1 aromatic heterocycles. The van der Waals surface area contributed by atoms with Crippen molar-refractivity contribution in [2.75, 3.05) is 0 Å². The zero-order chi connectivity index (χ0) is 15.0. The lowest BCUT2D eigenvalue weighted by Crippen LogP contribution is -2.48. The van der Waals surface area contributed by atoms with Gasteiger partial charge in [-0.1, -0.05) is 24.3 Å². The minimum atomic E-state index is -1.02. The predicted octanol–water partition coefficient (Wildman–Crippen LogP) is 0.765. The number of aromatic amines is 1. The number of aryl methyl sites for hydroxylation is 1. The van der Waals surface area contributed by atoms with Crippen molar-refractivity contribution in [2.24, 2.45) is 0 Å². The third kappa shape index (κ3) is 2.37. The van der Waals surface area contributed by atoms with E-state index in [1.165, 1.54) is 4.90 Å². The predicted molar refractivity (Wildman–Crippen MR) is 72.6 cm³/mol. The van der Waals surface area contributed by atoms with Crippen LogP contribution in [0.4, 0.5) is 0 Å². The zero-order valence-corrected chi connectivity index (χ0v) is 11.4. The van der Waals surface area contributed by atoms with Crippen LogP contribution in [0.25, 0.3) is 0 Å². The quantitative estimate of drug-likeness (QED) is 0.849. The molecule has 108 valence electrons. The number of nitrogens with one attached hydrogen (secondary N) is 1. The van der Waals surface area contributed by atoms with Crippen molar-refractivity contribution in [3.05, 3.63) is 47.0 Å². The van der Waals surface area contributed by atoms with Crippen molar-refractivity contribution in [1.82, 2.24) is 20.1 Å². The molecule has 0 radical (unpaired) electrons. The maximum absolute atomic E-state index is 12.5. The van der Waals surface area contributed by atoms with Gasteiger partial charge in [-0.15, -0.1) is 5.10 Å². The smallest absolute Gasteiger partial charge is 0.326 e. The summed E-state index contributed by atoms with van der Waals surface area (Å²) < 4.78 is 0. The zero-order valence-electron chi connectivity index (χ0n) is 11.4. The second kappa shape index (κ2) is 5.01. The van der Waals surface area contributed by atoms with Crippen LogP contribution in [0.15, 0.2) is 24.3 Å². The number of carbonyl (C=O) groups is 2. The van der Waals surface area contributed by atoms with Gasteiger partial charge >= 0.3 is 5.97 Å². The Morgan fingerprint density at radius 2 is 2.05 bits per heavy atom. The topological polar surface area (TPSA) is 99.2 Å². The Morgan fingerprint density at radius 1 is 1.33 bits per heavy atom. The first kappa shape index (κ1) is 13.3. The molecule has 0 fully saturated rings. The molecule has 21 heavy (non-hydrogen) atoms. The van der Waals surface area contributed by atoms with E-state index >= 15 is 0 Å². The Balaban J connectivity index is 1.96. The number of fused-ring (bicyclic) bond motifs is 1. The highest BCUT2D eigenvalue weighted by atomic mass is 16.4. The van der Waals surface area contributed by atoms with E-state index in [4.69, 9.17) is 0 Å². The Labute approximate surface area is 120 Å². The van der Waals surface area contributed by atoms with Gasteiger partial charge in [-0.3, -0.25) is 9.89 Å². The van der Waals surface area contributed by atoms with Gasteiger partial charge in [-0.05, 0) is 18.1 Å². The molecule has 1 aliphatic heterocycles. The van der Waals surface area contributed by atoms with Crippen LogP contribution >= 0.6 is 0 Å². The average Bonchev–Trinajstić information content (AvgIpc) is 2.91. The number of carboxylic acids is 1. The number of carbonyl (C=O) groups excluding carboxylic acids is 1. The van der Waals surface area contributed by atoms with Gasteiger partial charge in [-0.2, -0.15) is 0 Å². The summed E-state index contributed by atoms with van der Waals surface area (Å²) in [5, 5.41) is 15.8. The largest absolute Gasteiger partial charge is 0.480 e. The van der Waals surface area contributed by atoms with Crippen molar-refractivity contribution >= 4 is 11.9 Å². The first-order chi connectivity index (χ1) is 10.1. The molecule has 0 saturated carbocycles. The Morgan fingerprint density at radius 3 is 2.67 bits per heavy atom. The molecule has 0 spiro atoms. The van der Waals surface area contributed by atoms with Gasteiger partial charge in [0.25, 0.3) is 5.91 Å². The molecule has 7 nitrogen and oxygen atoms in total. The monoisotopic (exact) mass is 286 g/mol. The lowest BCUT2D eigenvalue weighted by molar-refractivity contribution is -0.142. The van der Waals surface area contributed by atoms with Crippen LogP contribution in [0.1, 0.15) is 27.6 Å². The molecule has 1 aliphatic rings. The van der Waals surface area contributed by atoms with Crippen LogP contribution in [-0.2, 0) is 17.8 Å². The summed E-state index contributed by atoms with van der Waals surface area (Å²) >= 11 is 0. The summed E-state index contributed by atoms with van der Waals surface area (Å²) in [7, 11) is 0. The minimum Gasteiger partial charge on any atom is -0.480 e. The maximum Gasteiger partial charge on any atom is 0.326 e. The van der Waals surface area contributed by atoms with E-state index in [0.29, 0.717) is 12.2 Å². The van der Waals surface area contributed by atoms with Gasteiger partial charge < -0.3 is 10.0 Å². The molecule has 2 N–H and O–H groups in total. The number of H-pyrrole nitrogens is 1. The van der Waals surface area contributed by atoms with Crippen molar-refractivity contribution in [1.29, 1.82) is 0 Å². The summed E-state index contributed by atoms with van der Waals surface area (Å²) in [5.74, 6) is -0.980. The van der Waals surface area contributed by atoms with Crippen LogP contribution < -0.4 is 0 Å². The van der Waals surface area contributed by atoms with E-state index in [1.54, 1.807) is 6.92 Å². The molecule has 0 saturated heterocycles. The van der Waals surface area contributed by atoms with Crippen LogP contribution in [0.3, 0.4) is 0 Å². The van der Waals surface area contributed by atoms with Crippen LogP contribution in [-0.4, -0.2) is 43.1 Å². The SMILES string of the molecule is Cc1nc(C(=O)N2Cc3ccccc3C[C@H]2C(=O)O)n[nH]1. The molecule has 1 aromatic carbocycles. The Hall–Kier alpha value is -2.70. The summed E-state index contributed by atoms with van der Waals surface area (Å²) in [5.41, 5.74) is 1.91. The number of rotatable bonds is 2. The molecule has 0 aliphatic carbocycles. The number of aromatic nitrogens is 3. The van der Waals surface area contributed by atoms with Crippen molar-refractivity contribution < 1.29 is 14.7 Å². The maximum atomic E-state index is 12.5. The number of benzene rings is 1. The van der Waals surface area contributed by atoms with Gasteiger partial charge in [0.15, 0.2) is 0 Å². The van der Waals surface area contributed by atoms with Gasteiger partial charge in [-0.25, -0.2) is 9.78 Å². The fraction of sp³-hybridized carbons (Fsp3) is 0.286. The van der Waals surface area contributed by atoms with Crippen LogP contribution in [0.2, 0.25) is 0 Å². The van der Waals surface area contributed by atoms with Gasteiger partial charge in [0.05, 0.1) is 0 Å². The minimum absolute atomic E-state index is 0.00173. The standard InChI is InChI=1S/C14H14N4O3/c1-8-15-12(17-16-8)13(19)18-7-10-5-3-2-4-9(10)6-11(18)14(20)21/h2-5,11H,6-7H2,1H3,(H,20,21)(H,15,16,17)/t11-/m0/s1. The summed E-state index contributed by atoms with van der Waals surface area (Å²) in [6.07, 6.45) is 0.292. The lowest BCUT2D eigenvalue weighted by Gasteiger charge is -2.33. The highest BCUT2D eigenvalue weighted by Gasteiger charge is 2.36. The van der Waals surface area contributed by atoms with Crippen molar-refractivity contribution in [2.45, 2.75) is 25.9 Å². The highest BCUT2D eigenvalue weighted by Crippen LogP contribution is 2.24. The van der Waals surface area contributed by atoms with E-state index in [0.717, 1.165) is 11.1 Å². The van der Waals surface area contributed by atoms with E-state index in [1.807, 2.05) is 24.3 Å². The molecule has 7 heteroatoms. The lowest BCUT2D eigenvalue weighted by atomic mass is 9.94. The Kier molecular flexibility index (Phi) is 3.17. The summed E-state index contributed by atoms with van der Waals surface area (Å²) in [6.45, 7) is 1.93. The number of nitrogens with zero attached hydrogens (tertiary/aromatic N) is 3. The van der Waals surface area contributed by atoms with Crippen molar-refractivity contribution in [3.63, 3.8) is 0 Å². The molecular formula is C14H14N4O3. The molecule has 3 rings (SSSR count). The second-order valence-corrected chi connectivity index (χ2v) is 5.00. The number of amides is 1. The number of hydrogen-bond acceptors (Lipinski definition) is 4. The molecule has 2 heterocycles. The average molecular weight is 286 g/mol. The van der Waals surface area contributed by atoms with Gasteiger partial charge in [0, 0.05) is 13.0 Å². The van der Waals surface area contributed by atoms with E-state index in [2.05, 4.69) is 15.2 Å². The fourth-order valence-electron chi connectivity index (χ4n) is 2.52. The Bertz CT molecular complexity index is 710. The molecule has 0 bridgehead atoms. The summed E-state index contributed by atoms with van der Waals surface area (Å²) in [4.78, 5) is 29.2. The van der Waals surface area contributed by atoms with E-state index in [-0.39, 0.29) is 12.4 Å².